The maximum absolute atomic E-state index is 11.5. The Balaban J connectivity index is 2.89. The third-order valence-corrected chi connectivity index (χ3v) is 3.72. The van der Waals surface area contributed by atoms with E-state index in [0.29, 0.717) is 5.69 Å². The predicted molar refractivity (Wildman–Crippen MR) is 60.8 cm³/mol. The number of nitrogens with one attached hydrogen (secondary N) is 1. The molecule has 0 spiro atoms. The Morgan fingerprint density at radius 1 is 1.25 bits per heavy atom. The molecule has 0 saturated carbocycles. The minimum absolute atomic E-state index is 0.0764. The van der Waals surface area contributed by atoms with Gasteiger partial charge in [0.2, 0.25) is 10.0 Å². The first kappa shape index (κ1) is 12.4. The van der Waals surface area contributed by atoms with E-state index in [1.165, 1.54) is 24.3 Å². The predicted octanol–water partition coefficient (Wildman–Crippen LogP) is 1.74. The Bertz CT molecular complexity index is 479. The fraction of sp³-hybridized carbons (Fsp3) is 0.333. The number of non-ortho nitro benzene ring substituents is 1. The number of nitro groups is 1. The van der Waals surface area contributed by atoms with Crippen molar-refractivity contribution >= 4 is 21.4 Å². The Kier molecular flexibility index (Phi) is 3.48. The van der Waals surface area contributed by atoms with Crippen LogP contribution in [0, 0.1) is 10.1 Å². The summed E-state index contributed by atoms with van der Waals surface area (Å²) >= 11 is 0. The SMILES string of the molecule is CC(C)S(=O)(=O)Nc1ccc([N+](=O)[O-])cc1. The molecule has 0 aliphatic heterocycles. The number of hydrogen-bond acceptors (Lipinski definition) is 4. The van der Waals surface area contributed by atoms with Gasteiger partial charge in [0, 0.05) is 17.8 Å². The summed E-state index contributed by atoms with van der Waals surface area (Å²) in [6.07, 6.45) is 0. The molecule has 88 valence electrons. The molecule has 16 heavy (non-hydrogen) atoms. The molecular formula is C9H12N2O4S. The Labute approximate surface area is 93.5 Å². The smallest absolute Gasteiger partial charge is 0.269 e. The molecule has 1 N–H and O–H groups in total. The molecule has 0 aliphatic carbocycles. The number of benzene rings is 1. The molecule has 0 aliphatic rings. The molecule has 1 aromatic carbocycles. The lowest BCUT2D eigenvalue weighted by atomic mass is 10.3. The zero-order valence-electron chi connectivity index (χ0n) is 8.88. The van der Waals surface area contributed by atoms with Crippen LogP contribution in [0.1, 0.15) is 13.8 Å². The standard InChI is InChI=1S/C9H12N2O4S/c1-7(2)16(14,15)10-8-3-5-9(6-4-8)11(12)13/h3-7,10H,1-2H3. The second kappa shape index (κ2) is 4.48. The highest BCUT2D eigenvalue weighted by molar-refractivity contribution is 7.93. The van der Waals surface area contributed by atoms with Crippen molar-refractivity contribution in [3.63, 3.8) is 0 Å². The maximum atomic E-state index is 11.5. The lowest BCUT2D eigenvalue weighted by Crippen LogP contribution is -2.22. The van der Waals surface area contributed by atoms with Crippen molar-refractivity contribution in [2.24, 2.45) is 0 Å². The molecule has 1 rings (SSSR count). The van der Waals surface area contributed by atoms with E-state index >= 15 is 0 Å². The van der Waals surface area contributed by atoms with Crippen LogP contribution in [-0.4, -0.2) is 18.6 Å². The van der Waals surface area contributed by atoms with Gasteiger partial charge in [-0.2, -0.15) is 0 Å². The summed E-state index contributed by atoms with van der Waals surface area (Å²) in [6, 6.07) is 5.21. The highest BCUT2D eigenvalue weighted by atomic mass is 32.2. The number of nitrogens with zero attached hydrogens (tertiary/aromatic N) is 1. The number of anilines is 1. The second-order valence-corrected chi connectivity index (χ2v) is 5.74. The molecular weight excluding hydrogens is 232 g/mol. The van der Waals surface area contributed by atoms with Gasteiger partial charge < -0.3 is 0 Å². The van der Waals surface area contributed by atoms with E-state index in [4.69, 9.17) is 0 Å². The Hall–Kier alpha value is -1.63. The van der Waals surface area contributed by atoms with Gasteiger partial charge in [-0.15, -0.1) is 0 Å². The van der Waals surface area contributed by atoms with Gasteiger partial charge in [0.25, 0.3) is 5.69 Å². The third-order valence-electron chi connectivity index (χ3n) is 1.96. The van der Waals surface area contributed by atoms with Gasteiger partial charge in [-0.25, -0.2) is 8.42 Å². The number of sulfonamides is 1. The first-order valence-corrected chi connectivity index (χ1v) is 6.13. The molecule has 0 amide bonds. The van der Waals surface area contributed by atoms with Crippen LogP contribution in [0.25, 0.3) is 0 Å². The van der Waals surface area contributed by atoms with Crippen LogP contribution < -0.4 is 4.72 Å². The van der Waals surface area contributed by atoms with Gasteiger partial charge in [-0.3, -0.25) is 14.8 Å². The minimum Gasteiger partial charge on any atom is -0.283 e. The largest absolute Gasteiger partial charge is 0.283 e. The Morgan fingerprint density at radius 2 is 1.75 bits per heavy atom. The molecule has 0 atom stereocenters. The summed E-state index contributed by atoms with van der Waals surface area (Å²) < 4.78 is 25.3. The second-order valence-electron chi connectivity index (χ2n) is 3.50. The van der Waals surface area contributed by atoms with Crippen molar-refractivity contribution in [3.05, 3.63) is 34.4 Å². The maximum Gasteiger partial charge on any atom is 0.269 e. The fourth-order valence-corrected chi connectivity index (χ4v) is 1.63. The van der Waals surface area contributed by atoms with E-state index in [9.17, 15) is 18.5 Å². The molecule has 0 fully saturated rings. The number of nitro benzene ring substituents is 1. The van der Waals surface area contributed by atoms with Crippen molar-refractivity contribution in [2.75, 3.05) is 4.72 Å². The van der Waals surface area contributed by atoms with Crippen LogP contribution in [0.15, 0.2) is 24.3 Å². The van der Waals surface area contributed by atoms with Crippen molar-refractivity contribution in [3.8, 4) is 0 Å². The summed E-state index contributed by atoms with van der Waals surface area (Å²) in [5.74, 6) is 0. The summed E-state index contributed by atoms with van der Waals surface area (Å²) in [5, 5.41) is 9.82. The summed E-state index contributed by atoms with van der Waals surface area (Å²) in [4.78, 5) is 9.83. The van der Waals surface area contributed by atoms with Gasteiger partial charge in [0.05, 0.1) is 10.2 Å². The molecule has 6 nitrogen and oxygen atoms in total. The molecule has 0 saturated heterocycles. The minimum atomic E-state index is -3.40. The van der Waals surface area contributed by atoms with Gasteiger partial charge in [-0.1, -0.05) is 0 Å². The van der Waals surface area contributed by atoms with Gasteiger partial charge in [0.15, 0.2) is 0 Å². The quantitative estimate of drug-likeness (QED) is 0.645. The van der Waals surface area contributed by atoms with Crippen LogP contribution in [0.3, 0.4) is 0 Å². The zero-order valence-corrected chi connectivity index (χ0v) is 9.69. The first-order valence-electron chi connectivity index (χ1n) is 4.59. The van der Waals surface area contributed by atoms with Crippen LogP contribution in [0.4, 0.5) is 11.4 Å². The lowest BCUT2D eigenvalue weighted by molar-refractivity contribution is -0.384. The Morgan fingerprint density at radius 3 is 2.12 bits per heavy atom. The molecule has 1 aromatic rings. The normalized spacial score (nSPS) is 11.4. The van der Waals surface area contributed by atoms with Crippen molar-refractivity contribution in [1.82, 2.24) is 0 Å². The highest BCUT2D eigenvalue weighted by Gasteiger charge is 2.15. The van der Waals surface area contributed by atoms with E-state index in [0.717, 1.165) is 0 Å². The topological polar surface area (TPSA) is 89.3 Å². The number of hydrogen-bond donors (Lipinski definition) is 1. The highest BCUT2D eigenvalue weighted by Crippen LogP contribution is 2.17. The van der Waals surface area contributed by atoms with E-state index in [2.05, 4.69) is 4.72 Å². The molecule has 0 bridgehead atoms. The van der Waals surface area contributed by atoms with E-state index in [1.54, 1.807) is 13.8 Å². The fourth-order valence-electron chi connectivity index (χ4n) is 0.933. The lowest BCUT2D eigenvalue weighted by Gasteiger charge is -2.10. The van der Waals surface area contributed by atoms with Crippen molar-refractivity contribution in [2.45, 2.75) is 19.1 Å². The summed E-state index contributed by atoms with van der Waals surface area (Å²) in [6.45, 7) is 3.10. The first-order chi connectivity index (χ1) is 7.33. The average Bonchev–Trinajstić information content (AvgIpc) is 2.17. The van der Waals surface area contributed by atoms with Crippen molar-refractivity contribution in [1.29, 1.82) is 0 Å². The summed E-state index contributed by atoms with van der Waals surface area (Å²) in [5.41, 5.74) is 0.242. The summed E-state index contributed by atoms with van der Waals surface area (Å²) in [7, 11) is -3.40. The van der Waals surface area contributed by atoms with Crippen LogP contribution in [0.5, 0.6) is 0 Å². The average molecular weight is 244 g/mol. The monoisotopic (exact) mass is 244 g/mol. The van der Waals surface area contributed by atoms with Gasteiger partial charge in [-0.05, 0) is 26.0 Å². The third kappa shape index (κ3) is 2.93. The zero-order chi connectivity index (χ0) is 12.3. The molecule has 0 radical (unpaired) electrons. The van der Waals surface area contributed by atoms with Gasteiger partial charge in [0.1, 0.15) is 0 Å². The van der Waals surface area contributed by atoms with Gasteiger partial charge >= 0.3 is 0 Å². The molecule has 7 heteroatoms. The number of rotatable bonds is 4. The van der Waals surface area contributed by atoms with E-state index in [-0.39, 0.29) is 5.69 Å². The van der Waals surface area contributed by atoms with E-state index in [1.807, 2.05) is 0 Å². The van der Waals surface area contributed by atoms with E-state index < -0.39 is 20.2 Å². The van der Waals surface area contributed by atoms with Crippen molar-refractivity contribution < 1.29 is 13.3 Å². The molecule has 0 unspecified atom stereocenters. The van der Waals surface area contributed by atoms with Crippen LogP contribution >= 0.6 is 0 Å². The van der Waals surface area contributed by atoms with Crippen LogP contribution in [-0.2, 0) is 10.0 Å². The molecule has 0 heterocycles. The molecule has 0 aromatic heterocycles. The van der Waals surface area contributed by atoms with Crippen LogP contribution in [0.2, 0.25) is 0 Å².